The number of hydrogen-bond acceptors (Lipinski definition) is 6. The standard InChI is InChI=1S/C13H19NO6S/c1-19-8-6-9(10(14)4-5-12(15)16)13(20-2)11(7-8)21(3,17)18/h6-7,10H,4-5,14H2,1-3H3,(H,15,16). The van der Waals surface area contributed by atoms with Crippen molar-refractivity contribution in [2.75, 3.05) is 20.5 Å². The fourth-order valence-corrected chi connectivity index (χ4v) is 2.79. The number of nitrogens with two attached hydrogens (primary N) is 1. The second-order valence-electron chi connectivity index (χ2n) is 4.56. The van der Waals surface area contributed by atoms with Crippen LogP contribution in [0.4, 0.5) is 0 Å². The van der Waals surface area contributed by atoms with Gasteiger partial charge in [-0.3, -0.25) is 4.79 Å². The number of methoxy groups -OCH3 is 2. The molecule has 1 unspecified atom stereocenters. The van der Waals surface area contributed by atoms with Crippen molar-refractivity contribution in [1.29, 1.82) is 0 Å². The van der Waals surface area contributed by atoms with Gasteiger partial charge in [0.25, 0.3) is 0 Å². The van der Waals surface area contributed by atoms with E-state index < -0.39 is 21.8 Å². The molecule has 118 valence electrons. The summed E-state index contributed by atoms with van der Waals surface area (Å²) in [6.45, 7) is 0. The monoisotopic (exact) mass is 317 g/mol. The number of carbonyl (C=O) groups is 1. The Morgan fingerprint density at radius 1 is 1.33 bits per heavy atom. The maximum atomic E-state index is 11.9. The van der Waals surface area contributed by atoms with Crippen LogP contribution in [0.15, 0.2) is 17.0 Å². The van der Waals surface area contributed by atoms with E-state index in [9.17, 15) is 13.2 Å². The molecular weight excluding hydrogens is 298 g/mol. The Kier molecular flexibility index (Phi) is 5.56. The van der Waals surface area contributed by atoms with Crippen molar-refractivity contribution in [3.05, 3.63) is 17.7 Å². The van der Waals surface area contributed by atoms with E-state index in [2.05, 4.69) is 0 Å². The molecule has 0 amide bonds. The molecule has 1 rings (SSSR count). The van der Waals surface area contributed by atoms with Crippen LogP contribution in [0.1, 0.15) is 24.4 Å². The van der Waals surface area contributed by atoms with E-state index >= 15 is 0 Å². The van der Waals surface area contributed by atoms with Gasteiger partial charge in [-0.25, -0.2) is 8.42 Å². The van der Waals surface area contributed by atoms with Crippen molar-refractivity contribution in [2.24, 2.45) is 5.73 Å². The van der Waals surface area contributed by atoms with Crippen LogP contribution < -0.4 is 15.2 Å². The van der Waals surface area contributed by atoms with Crippen molar-refractivity contribution < 1.29 is 27.8 Å². The lowest BCUT2D eigenvalue weighted by atomic mass is 10.0. The summed E-state index contributed by atoms with van der Waals surface area (Å²) >= 11 is 0. The van der Waals surface area contributed by atoms with Crippen LogP contribution >= 0.6 is 0 Å². The van der Waals surface area contributed by atoms with Crippen molar-refractivity contribution >= 4 is 15.8 Å². The molecule has 0 spiro atoms. The van der Waals surface area contributed by atoms with Gasteiger partial charge in [0.15, 0.2) is 9.84 Å². The van der Waals surface area contributed by atoms with Gasteiger partial charge in [-0.15, -0.1) is 0 Å². The van der Waals surface area contributed by atoms with E-state index in [1.807, 2.05) is 0 Å². The zero-order chi connectivity index (χ0) is 16.2. The minimum Gasteiger partial charge on any atom is -0.497 e. The van der Waals surface area contributed by atoms with Crippen LogP contribution in [0.3, 0.4) is 0 Å². The normalized spacial score (nSPS) is 12.8. The average molecular weight is 317 g/mol. The van der Waals surface area contributed by atoms with Crippen molar-refractivity contribution in [1.82, 2.24) is 0 Å². The molecule has 1 aromatic rings. The average Bonchev–Trinajstić information content (AvgIpc) is 2.42. The molecule has 1 aromatic carbocycles. The molecule has 0 aliphatic heterocycles. The van der Waals surface area contributed by atoms with Gasteiger partial charge in [-0.05, 0) is 12.5 Å². The predicted octanol–water partition coefficient (Wildman–Crippen LogP) is 0.972. The minimum atomic E-state index is -3.54. The molecule has 0 radical (unpaired) electrons. The third-order valence-electron chi connectivity index (χ3n) is 2.97. The number of ether oxygens (including phenoxy) is 2. The largest absolute Gasteiger partial charge is 0.497 e. The van der Waals surface area contributed by atoms with Gasteiger partial charge in [0.1, 0.15) is 16.4 Å². The van der Waals surface area contributed by atoms with Crippen LogP contribution in [0.2, 0.25) is 0 Å². The molecule has 0 saturated carbocycles. The Hall–Kier alpha value is -1.80. The topological polar surface area (TPSA) is 116 Å². The summed E-state index contributed by atoms with van der Waals surface area (Å²) in [6.07, 6.45) is 1.08. The number of rotatable bonds is 7. The molecule has 0 bridgehead atoms. The highest BCUT2D eigenvalue weighted by Crippen LogP contribution is 2.36. The van der Waals surface area contributed by atoms with Gasteiger partial charge < -0.3 is 20.3 Å². The molecule has 0 saturated heterocycles. The third kappa shape index (κ3) is 4.33. The van der Waals surface area contributed by atoms with E-state index in [4.69, 9.17) is 20.3 Å². The molecule has 21 heavy (non-hydrogen) atoms. The first kappa shape index (κ1) is 17.3. The van der Waals surface area contributed by atoms with E-state index in [1.165, 1.54) is 20.3 Å². The van der Waals surface area contributed by atoms with Gasteiger partial charge in [0.2, 0.25) is 0 Å². The van der Waals surface area contributed by atoms with Gasteiger partial charge in [0.05, 0.1) is 14.2 Å². The third-order valence-corrected chi connectivity index (χ3v) is 4.07. The van der Waals surface area contributed by atoms with E-state index in [0.29, 0.717) is 11.3 Å². The van der Waals surface area contributed by atoms with E-state index in [1.54, 1.807) is 6.07 Å². The Balaban J connectivity index is 3.38. The molecule has 3 N–H and O–H groups in total. The SMILES string of the molecule is COc1cc(C(N)CCC(=O)O)c(OC)c(S(C)(=O)=O)c1. The minimum absolute atomic E-state index is 0.0369. The molecular formula is C13H19NO6S. The number of carboxylic acid groups (broad SMARTS) is 1. The first-order chi connectivity index (χ1) is 9.70. The fourth-order valence-electron chi connectivity index (χ4n) is 1.92. The zero-order valence-electron chi connectivity index (χ0n) is 12.1. The maximum absolute atomic E-state index is 11.9. The molecule has 0 heterocycles. The van der Waals surface area contributed by atoms with Gasteiger partial charge in [0, 0.05) is 30.3 Å². The van der Waals surface area contributed by atoms with Crippen molar-refractivity contribution in [3.8, 4) is 11.5 Å². The molecule has 0 aromatic heterocycles. The quantitative estimate of drug-likeness (QED) is 0.769. The predicted molar refractivity (Wildman–Crippen MR) is 76.5 cm³/mol. The number of sulfone groups is 1. The lowest BCUT2D eigenvalue weighted by Gasteiger charge is -2.19. The fraction of sp³-hybridized carbons (Fsp3) is 0.462. The molecule has 1 atom stereocenters. The summed E-state index contributed by atoms with van der Waals surface area (Å²) in [5, 5.41) is 8.71. The first-order valence-corrected chi connectivity index (χ1v) is 8.03. The maximum Gasteiger partial charge on any atom is 0.303 e. The molecule has 0 aliphatic carbocycles. The summed E-state index contributed by atoms with van der Waals surface area (Å²) in [4.78, 5) is 10.6. The Morgan fingerprint density at radius 3 is 2.38 bits per heavy atom. The highest BCUT2D eigenvalue weighted by molar-refractivity contribution is 7.90. The molecule has 0 fully saturated rings. The smallest absolute Gasteiger partial charge is 0.303 e. The van der Waals surface area contributed by atoms with Crippen LogP contribution in [-0.4, -0.2) is 40.0 Å². The first-order valence-electron chi connectivity index (χ1n) is 6.14. The molecule has 7 nitrogen and oxygen atoms in total. The summed E-state index contributed by atoms with van der Waals surface area (Å²) in [7, 11) is -0.802. The van der Waals surface area contributed by atoms with Crippen molar-refractivity contribution in [2.45, 2.75) is 23.8 Å². The molecule has 8 heteroatoms. The van der Waals surface area contributed by atoms with E-state index in [-0.39, 0.29) is 23.5 Å². The lowest BCUT2D eigenvalue weighted by molar-refractivity contribution is -0.137. The van der Waals surface area contributed by atoms with Gasteiger partial charge >= 0.3 is 5.97 Å². The highest BCUT2D eigenvalue weighted by Gasteiger charge is 2.23. The summed E-state index contributed by atoms with van der Waals surface area (Å²) in [5.41, 5.74) is 6.36. The number of hydrogen-bond donors (Lipinski definition) is 2. The number of aliphatic carboxylic acids is 1. The van der Waals surface area contributed by atoms with Crippen LogP contribution in [0.25, 0.3) is 0 Å². The highest BCUT2D eigenvalue weighted by atomic mass is 32.2. The number of benzene rings is 1. The second-order valence-corrected chi connectivity index (χ2v) is 6.54. The lowest BCUT2D eigenvalue weighted by Crippen LogP contribution is -2.15. The number of carboxylic acids is 1. The molecule has 0 aliphatic rings. The Labute approximate surface area is 123 Å². The summed E-state index contributed by atoms with van der Waals surface area (Å²) in [5.74, 6) is -0.538. The summed E-state index contributed by atoms with van der Waals surface area (Å²) < 4.78 is 33.9. The van der Waals surface area contributed by atoms with E-state index in [0.717, 1.165) is 6.26 Å². The Morgan fingerprint density at radius 2 is 1.95 bits per heavy atom. The van der Waals surface area contributed by atoms with Crippen LogP contribution in [0.5, 0.6) is 11.5 Å². The Bertz CT molecular complexity index is 626. The van der Waals surface area contributed by atoms with Gasteiger partial charge in [-0.1, -0.05) is 0 Å². The van der Waals surface area contributed by atoms with Crippen LogP contribution in [0, 0.1) is 0 Å². The van der Waals surface area contributed by atoms with Crippen molar-refractivity contribution in [3.63, 3.8) is 0 Å². The summed E-state index contributed by atoms with van der Waals surface area (Å²) in [6, 6.07) is 2.23. The second kappa shape index (κ2) is 6.77. The zero-order valence-corrected chi connectivity index (χ0v) is 12.9. The van der Waals surface area contributed by atoms with Gasteiger partial charge in [-0.2, -0.15) is 0 Å². The van der Waals surface area contributed by atoms with Crippen LogP contribution in [-0.2, 0) is 14.6 Å².